The number of phenolic OH excluding ortho intramolecular Hbond substituents is 1. The molecule has 0 bridgehead atoms. The third-order valence-corrected chi connectivity index (χ3v) is 2.52. The maximum Gasteiger partial charge on any atom is 0.181 e. The predicted octanol–water partition coefficient (Wildman–Crippen LogP) is 1.31. The highest BCUT2D eigenvalue weighted by Crippen LogP contribution is 2.09. The van der Waals surface area contributed by atoms with Crippen molar-refractivity contribution in [2.24, 2.45) is 5.73 Å². The van der Waals surface area contributed by atoms with Gasteiger partial charge in [-0.25, -0.2) is 19.9 Å². The smallest absolute Gasteiger partial charge is 0.181 e. The predicted molar refractivity (Wildman–Crippen MR) is 76.0 cm³/mol. The maximum atomic E-state index is 8.89. The molecule has 2 aromatic heterocycles. The van der Waals surface area contributed by atoms with Gasteiger partial charge in [0, 0.05) is 12.4 Å². The van der Waals surface area contributed by atoms with Crippen molar-refractivity contribution in [1.29, 1.82) is 0 Å². The van der Waals surface area contributed by atoms with Gasteiger partial charge in [0.2, 0.25) is 0 Å². The van der Waals surface area contributed by atoms with Crippen LogP contribution in [0, 0.1) is 0 Å². The van der Waals surface area contributed by atoms with E-state index in [0.717, 1.165) is 11.9 Å². The molecule has 3 rings (SSSR count). The number of hydrogen-bond donors (Lipinski definition) is 2. The molecule has 0 fully saturated rings. The Hall–Kier alpha value is -2.60. The summed E-state index contributed by atoms with van der Waals surface area (Å²) in [7, 11) is 0. The summed E-state index contributed by atoms with van der Waals surface area (Å²) in [5.74, 6) is 0.306. The molecule has 3 N–H and O–H groups in total. The minimum atomic E-state index is 0.306. The SMILES string of the molecule is NCCc1ccc(O)cc1.c1cnc2ncncc2n1. The molecule has 0 saturated carbocycles. The van der Waals surface area contributed by atoms with Crippen LogP contribution in [-0.2, 0) is 6.42 Å². The largest absolute Gasteiger partial charge is 0.508 e. The maximum absolute atomic E-state index is 8.89. The zero-order valence-corrected chi connectivity index (χ0v) is 10.8. The van der Waals surface area contributed by atoms with Crippen molar-refractivity contribution in [1.82, 2.24) is 19.9 Å². The average molecular weight is 269 g/mol. The van der Waals surface area contributed by atoms with E-state index in [1.54, 1.807) is 30.7 Å². The zero-order chi connectivity index (χ0) is 14.2. The quantitative estimate of drug-likeness (QED) is 0.728. The Morgan fingerprint density at radius 3 is 2.45 bits per heavy atom. The summed E-state index contributed by atoms with van der Waals surface area (Å²) in [6.07, 6.45) is 7.19. The lowest BCUT2D eigenvalue weighted by Crippen LogP contribution is -2.01. The normalized spacial score (nSPS) is 9.85. The van der Waals surface area contributed by atoms with Crippen molar-refractivity contribution < 1.29 is 5.11 Å². The summed E-state index contributed by atoms with van der Waals surface area (Å²) in [4.78, 5) is 15.7. The molecule has 3 aromatic rings. The van der Waals surface area contributed by atoms with Crippen LogP contribution >= 0.6 is 0 Å². The van der Waals surface area contributed by atoms with Crippen LogP contribution in [0.5, 0.6) is 5.75 Å². The number of phenols is 1. The number of benzene rings is 1. The molecule has 2 heterocycles. The molecule has 20 heavy (non-hydrogen) atoms. The second-order valence-electron chi connectivity index (χ2n) is 3.99. The first-order valence-corrected chi connectivity index (χ1v) is 6.14. The fourth-order valence-corrected chi connectivity index (χ4v) is 1.55. The molecular formula is C14H15N5O. The molecule has 0 atom stereocenters. The van der Waals surface area contributed by atoms with Crippen molar-refractivity contribution in [3.63, 3.8) is 0 Å². The molecule has 0 spiro atoms. The second-order valence-corrected chi connectivity index (χ2v) is 3.99. The van der Waals surface area contributed by atoms with Gasteiger partial charge in [-0.15, -0.1) is 0 Å². The summed E-state index contributed by atoms with van der Waals surface area (Å²) >= 11 is 0. The van der Waals surface area contributed by atoms with Gasteiger partial charge >= 0.3 is 0 Å². The van der Waals surface area contributed by atoms with E-state index in [9.17, 15) is 0 Å². The minimum Gasteiger partial charge on any atom is -0.508 e. The molecule has 0 amide bonds. The van der Waals surface area contributed by atoms with E-state index in [0.29, 0.717) is 17.9 Å². The average Bonchev–Trinajstić information content (AvgIpc) is 2.51. The fraction of sp³-hybridized carbons (Fsp3) is 0.143. The minimum absolute atomic E-state index is 0.306. The van der Waals surface area contributed by atoms with Crippen LogP contribution in [0.25, 0.3) is 11.2 Å². The van der Waals surface area contributed by atoms with E-state index < -0.39 is 0 Å². The van der Waals surface area contributed by atoms with Crippen LogP contribution in [-0.4, -0.2) is 31.6 Å². The number of aromatic nitrogens is 4. The van der Waals surface area contributed by atoms with Crippen molar-refractivity contribution in [2.75, 3.05) is 6.54 Å². The lowest BCUT2D eigenvalue weighted by molar-refractivity contribution is 0.475. The summed E-state index contributed by atoms with van der Waals surface area (Å²) in [5, 5.41) is 8.89. The molecule has 0 aliphatic carbocycles. The van der Waals surface area contributed by atoms with Gasteiger partial charge in [0.25, 0.3) is 0 Å². The molecule has 0 unspecified atom stereocenters. The highest BCUT2D eigenvalue weighted by atomic mass is 16.3. The molecule has 6 heteroatoms. The van der Waals surface area contributed by atoms with Gasteiger partial charge in [-0.2, -0.15) is 0 Å². The molecule has 0 aliphatic heterocycles. The first-order valence-electron chi connectivity index (χ1n) is 6.14. The number of nitrogens with two attached hydrogens (primary N) is 1. The van der Waals surface area contributed by atoms with Crippen molar-refractivity contribution in [3.8, 4) is 5.75 Å². The molecule has 102 valence electrons. The third kappa shape index (κ3) is 3.96. The standard InChI is InChI=1S/C8H11NO.C6H4N4/c9-6-5-7-1-3-8(10)4-2-7;1-2-9-6-5(8-1)3-7-4-10-6/h1-4,10H,5-6,9H2;1-4H. The highest BCUT2D eigenvalue weighted by molar-refractivity contribution is 5.66. The summed E-state index contributed by atoms with van der Waals surface area (Å²) in [5.41, 5.74) is 7.87. The first-order chi connectivity index (χ1) is 9.79. The van der Waals surface area contributed by atoms with E-state index >= 15 is 0 Å². The van der Waals surface area contributed by atoms with Crippen molar-refractivity contribution in [2.45, 2.75) is 6.42 Å². The van der Waals surface area contributed by atoms with Crippen LogP contribution in [0.15, 0.2) is 49.2 Å². The number of hydrogen-bond acceptors (Lipinski definition) is 6. The molecule has 0 saturated heterocycles. The first kappa shape index (κ1) is 13.8. The summed E-state index contributed by atoms with van der Waals surface area (Å²) in [6, 6.07) is 7.10. The van der Waals surface area contributed by atoms with Gasteiger partial charge in [-0.3, -0.25) is 0 Å². The summed E-state index contributed by atoms with van der Waals surface area (Å²) in [6.45, 7) is 0.658. The molecule has 1 aromatic carbocycles. The number of nitrogens with zero attached hydrogens (tertiary/aromatic N) is 4. The van der Waals surface area contributed by atoms with Gasteiger partial charge in [0.1, 0.15) is 17.6 Å². The molecule has 6 nitrogen and oxygen atoms in total. The van der Waals surface area contributed by atoms with Crippen molar-refractivity contribution >= 4 is 11.2 Å². The zero-order valence-electron chi connectivity index (χ0n) is 10.8. The third-order valence-electron chi connectivity index (χ3n) is 2.52. The Morgan fingerprint density at radius 2 is 1.75 bits per heavy atom. The lowest BCUT2D eigenvalue weighted by atomic mass is 10.1. The van der Waals surface area contributed by atoms with Gasteiger partial charge in [0.05, 0.1) is 6.20 Å². The Balaban J connectivity index is 0.000000147. The van der Waals surface area contributed by atoms with Gasteiger partial charge in [0.15, 0.2) is 5.65 Å². The van der Waals surface area contributed by atoms with Gasteiger partial charge < -0.3 is 10.8 Å². The fourth-order valence-electron chi connectivity index (χ4n) is 1.55. The summed E-state index contributed by atoms with van der Waals surface area (Å²) < 4.78 is 0. The van der Waals surface area contributed by atoms with E-state index in [1.807, 2.05) is 12.1 Å². The van der Waals surface area contributed by atoms with Crippen LogP contribution in [0.3, 0.4) is 0 Å². The van der Waals surface area contributed by atoms with Gasteiger partial charge in [-0.05, 0) is 30.7 Å². The molecule has 0 radical (unpaired) electrons. The van der Waals surface area contributed by atoms with Crippen molar-refractivity contribution in [3.05, 3.63) is 54.7 Å². The Kier molecular flexibility index (Phi) is 4.91. The number of aromatic hydroxyl groups is 1. The molecule has 0 aliphatic rings. The highest BCUT2D eigenvalue weighted by Gasteiger charge is 1.91. The van der Waals surface area contributed by atoms with E-state index in [4.69, 9.17) is 10.8 Å². The monoisotopic (exact) mass is 269 g/mol. The van der Waals surface area contributed by atoms with E-state index in [-0.39, 0.29) is 0 Å². The Labute approximate surface area is 116 Å². The number of rotatable bonds is 2. The van der Waals surface area contributed by atoms with Crippen LogP contribution in [0.4, 0.5) is 0 Å². The van der Waals surface area contributed by atoms with Crippen LogP contribution in [0.1, 0.15) is 5.56 Å². The molecular weight excluding hydrogens is 254 g/mol. The van der Waals surface area contributed by atoms with E-state index in [2.05, 4.69) is 19.9 Å². The number of fused-ring (bicyclic) bond motifs is 1. The van der Waals surface area contributed by atoms with Gasteiger partial charge in [-0.1, -0.05) is 12.1 Å². The second kappa shape index (κ2) is 7.10. The van der Waals surface area contributed by atoms with Crippen LogP contribution < -0.4 is 5.73 Å². The topological polar surface area (TPSA) is 97.8 Å². The van der Waals surface area contributed by atoms with Crippen LogP contribution in [0.2, 0.25) is 0 Å². The lowest BCUT2D eigenvalue weighted by Gasteiger charge is -1.96. The van der Waals surface area contributed by atoms with E-state index in [1.165, 1.54) is 11.9 Å². The Morgan fingerprint density at radius 1 is 1.00 bits per heavy atom. The Bertz CT molecular complexity index is 592.